The number of carbonyl (C=O) groups excluding carboxylic acids is 1. The molecule has 0 aliphatic carbocycles. The molecule has 1 heterocycles. The van der Waals surface area contributed by atoms with Crippen molar-refractivity contribution in [3.63, 3.8) is 0 Å². The van der Waals surface area contributed by atoms with E-state index in [0.717, 1.165) is 31.8 Å². The first-order chi connectivity index (χ1) is 8.74. The summed E-state index contributed by atoms with van der Waals surface area (Å²) in [6.07, 6.45) is 2.72. The van der Waals surface area contributed by atoms with Gasteiger partial charge in [-0.15, -0.1) is 0 Å². The van der Waals surface area contributed by atoms with Gasteiger partial charge in [0, 0.05) is 32.3 Å². The Morgan fingerprint density at radius 2 is 2.17 bits per heavy atom. The number of nitrogens with one attached hydrogen (secondary N) is 2. The Morgan fingerprint density at radius 3 is 2.78 bits per heavy atom. The predicted octanol–water partition coefficient (Wildman–Crippen LogP) is 1.91. The first-order valence-electron chi connectivity index (χ1n) is 6.43. The Morgan fingerprint density at radius 1 is 1.39 bits per heavy atom. The quantitative estimate of drug-likeness (QED) is 0.837. The molecule has 1 aliphatic rings. The number of hydrogen-bond donors (Lipinski definition) is 2. The van der Waals surface area contributed by atoms with Gasteiger partial charge < -0.3 is 15.4 Å². The van der Waals surface area contributed by atoms with Crippen molar-refractivity contribution >= 4 is 11.6 Å². The molecule has 98 valence electrons. The zero-order chi connectivity index (χ0) is 12.8. The van der Waals surface area contributed by atoms with Crippen LogP contribution in [0.4, 0.5) is 5.69 Å². The van der Waals surface area contributed by atoms with Crippen molar-refractivity contribution in [3.05, 3.63) is 29.8 Å². The molecule has 0 unspecified atom stereocenters. The van der Waals surface area contributed by atoms with Crippen LogP contribution in [0.2, 0.25) is 0 Å². The average molecular weight is 248 g/mol. The first-order valence-corrected chi connectivity index (χ1v) is 6.43. The molecule has 0 saturated carbocycles. The topological polar surface area (TPSA) is 50.4 Å². The minimum atomic E-state index is -0.0424. The molecule has 2 rings (SSSR count). The molecule has 4 nitrogen and oxygen atoms in total. The van der Waals surface area contributed by atoms with E-state index in [1.165, 1.54) is 18.9 Å². The van der Waals surface area contributed by atoms with Crippen LogP contribution in [0.5, 0.6) is 0 Å². The Balaban J connectivity index is 1.73. The van der Waals surface area contributed by atoms with Gasteiger partial charge in [0.15, 0.2) is 0 Å². The van der Waals surface area contributed by atoms with E-state index in [1.54, 1.807) is 0 Å². The number of anilines is 1. The van der Waals surface area contributed by atoms with E-state index in [2.05, 4.69) is 10.6 Å². The molecule has 1 amide bonds. The van der Waals surface area contributed by atoms with Gasteiger partial charge in [0.2, 0.25) is 5.91 Å². The minimum absolute atomic E-state index is 0.0424. The summed E-state index contributed by atoms with van der Waals surface area (Å²) in [5.41, 5.74) is 2.05. The van der Waals surface area contributed by atoms with Gasteiger partial charge in [-0.25, -0.2) is 0 Å². The van der Waals surface area contributed by atoms with Crippen LogP contribution in [-0.4, -0.2) is 25.2 Å². The van der Waals surface area contributed by atoms with Crippen molar-refractivity contribution in [1.29, 1.82) is 0 Å². The first kappa shape index (κ1) is 13.1. The third-order valence-electron chi connectivity index (χ3n) is 3.00. The second-order valence-electron chi connectivity index (χ2n) is 4.64. The molecular weight excluding hydrogens is 228 g/mol. The standard InChI is InChI=1S/C14H20N2O2/c1-11(17)16-13-6-4-12(5-7-13)9-15-10-14-3-2-8-18-14/h4-7,14-15H,2-3,8-10H2,1H3,(H,16,17)/t14-/m0/s1. The fourth-order valence-electron chi connectivity index (χ4n) is 2.09. The lowest BCUT2D eigenvalue weighted by Gasteiger charge is -2.11. The highest BCUT2D eigenvalue weighted by Crippen LogP contribution is 2.12. The van der Waals surface area contributed by atoms with Gasteiger partial charge in [-0.05, 0) is 30.5 Å². The van der Waals surface area contributed by atoms with Gasteiger partial charge in [-0.2, -0.15) is 0 Å². The molecule has 0 bridgehead atoms. The third kappa shape index (κ3) is 4.13. The number of amides is 1. The summed E-state index contributed by atoms with van der Waals surface area (Å²) in [5, 5.41) is 6.15. The van der Waals surface area contributed by atoms with Gasteiger partial charge in [-0.3, -0.25) is 4.79 Å². The summed E-state index contributed by atoms with van der Waals surface area (Å²) in [4.78, 5) is 10.9. The van der Waals surface area contributed by atoms with E-state index < -0.39 is 0 Å². The summed E-state index contributed by atoms with van der Waals surface area (Å²) >= 11 is 0. The molecule has 2 N–H and O–H groups in total. The van der Waals surface area contributed by atoms with Gasteiger partial charge in [0.25, 0.3) is 0 Å². The van der Waals surface area contributed by atoms with E-state index in [0.29, 0.717) is 6.10 Å². The molecule has 1 aromatic carbocycles. The van der Waals surface area contributed by atoms with Crippen LogP contribution in [0.3, 0.4) is 0 Å². The highest BCUT2D eigenvalue weighted by atomic mass is 16.5. The maximum Gasteiger partial charge on any atom is 0.221 e. The Bertz CT molecular complexity index is 383. The van der Waals surface area contributed by atoms with E-state index in [1.807, 2.05) is 24.3 Å². The number of carbonyl (C=O) groups is 1. The highest BCUT2D eigenvalue weighted by molar-refractivity contribution is 5.88. The second kappa shape index (κ2) is 6.52. The summed E-state index contributed by atoms with van der Waals surface area (Å²) < 4.78 is 5.54. The van der Waals surface area contributed by atoms with E-state index in [9.17, 15) is 4.79 Å². The normalized spacial score (nSPS) is 18.8. The summed E-state index contributed by atoms with van der Waals surface area (Å²) in [6, 6.07) is 7.89. The largest absolute Gasteiger partial charge is 0.377 e. The Labute approximate surface area is 108 Å². The SMILES string of the molecule is CC(=O)Nc1ccc(CNC[C@@H]2CCCO2)cc1. The van der Waals surface area contributed by atoms with Gasteiger partial charge in [0.05, 0.1) is 6.10 Å². The van der Waals surface area contributed by atoms with Crippen molar-refractivity contribution in [2.24, 2.45) is 0 Å². The van der Waals surface area contributed by atoms with Crippen molar-refractivity contribution in [2.75, 3.05) is 18.5 Å². The lowest BCUT2D eigenvalue weighted by atomic mass is 10.2. The molecule has 1 aromatic rings. The van der Waals surface area contributed by atoms with Gasteiger partial charge >= 0.3 is 0 Å². The van der Waals surface area contributed by atoms with Gasteiger partial charge in [0.1, 0.15) is 0 Å². The lowest BCUT2D eigenvalue weighted by molar-refractivity contribution is -0.114. The van der Waals surface area contributed by atoms with Gasteiger partial charge in [-0.1, -0.05) is 12.1 Å². The molecular formula is C14H20N2O2. The zero-order valence-corrected chi connectivity index (χ0v) is 10.7. The molecule has 18 heavy (non-hydrogen) atoms. The molecule has 1 atom stereocenters. The van der Waals surface area contributed by atoms with Crippen LogP contribution in [-0.2, 0) is 16.1 Å². The van der Waals surface area contributed by atoms with Crippen LogP contribution in [0, 0.1) is 0 Å². The predicted molar refractivity (Wildman–Crippen MR) is 71.4 cm³/mol. The molecule has 1 saturated heterocycles. The molecule has 0 spiro atoms. The zero-order valence-electron chi connectivity index (χ0n) is 10.7. The molecule has 0 aromatic heterocycles. The number of hydrogen-bond acceptors (Lipinski definition) is 3. The maximum atomic E-state index is 10.9. The van der Waals surface area contributed by atoms with E-state index >= 15 is 0 Å². The molecule has 1 aliphatic heterocycles. The lowest BCUT2D eigenvalue weighted by Crippen LogP contribution is -2.25. The van der Waals surface area contributed by atoms with Crippen LogP contribution >= 0.6 is 0 Å². The van der Waals surface area contributed by atoms with Crippen LogP contribution in [0.25, 0.3) is 0 Å². The monoisotopic (exact) mass is 248 g/mol. The van der Waals surface area contributed by atoms with E-state index in [4.69, 9.17) is 4.74 Å². The molecule has 1 fully saturated rings. The Kier molecular flexibility index (Phi) is 4.73. The average Bonchev–Trinajstić information content (AvgIpc) is 2.84. The van der Waals surface area contributed by atoms with Crippen LogP contribution in [0.1, 0.15) is 25.3 Å². The van der Waals surface area contributed by atoms with Crippen molar-refractivity contribution in [1.82, 2.24) is 5.32 Å². The van der Waals surface area contributed by atoms with Crippen molar-refractivity contribution in [3.8, 4) is 0 Å². The third-order valence-corrected chi connectivity index (χ3v) is 3.00. The van der Waals surface area contributed by atoms with Crippen LogP contribution in [0.15, 0.2) is 24.3 Å². The smallest absolute Gasteiger partial charge is 0.221 e. The highest BCUT2D eigenvalue weighted by Gasteiger charge is 2.14. The van der Waals surface area contributed by atoms with Crippen molar-refractivity contribution < 1.29 is 9.53 Å². The summed E-state index contributed by atoms with van der Waals surface area (Å²) in [6.45, 7) is 4.16. The Hall–Kier alpha value is -1.39. The molecule has 4 heteroatoms. The van der Waals surface area contributed by atoms with Crippen LogP contribution < -0.4 is 10.6 Å². The summed E-state index contributed by atoms with van der Waals surface area (Å²) in [7, 11) is 0. The number of rotatable bonds is 5. The van der Waals surface area contributed by atoms with E-state index in [-0.39, 0.29) is 5.91 Å². The number of benzene rings is 1. The second-order valence-corrected chi connectivity index (χ2v) is 4.64. The fraction of sp³-hybridized carbons (Fsp3) is 0.500. The fourth-order valence-corrected chi connectivity index (χ4v) is 2.09. The molecule has 0 radical (unpaired) electrons. The number of ether oxygens (including phenoxy) is 1. The maximum absolute atomic E-state index is 10.9. The summed E-state index contributed by atoms with van der Waals surface area (Å²) in [5.74, 6) is -0.0424. The van der Waals surface area contributed by atoms with Crippen molar-refractivity contribution in [2.45, 2.75) is 32.4 Å². The minimum Gasteiger partial charge on any atom is -0.377 e.